The monoisotopic (exact) mass is 90.0 g/mol. The fraction of sp³-hybridized carbons (Fsp3) is 0. The summed E-state index contributed by atoms with van der Waals surface area (Å²) >= 11 is 0. The van der Waals surface area contributed by atoms with Crippen LogP contribution in [0.1, 0.15) is 0 Å². The van der Waals surface area contributed by atoms with Crippen molar-refractivity contribution in [1.82, 2.24) is 5.32 Å². The predicted molar refractivity (Wildman–Crippen MR) is 27.6 cm³/mol. The predicted octanol–water partition coefficient (Wildman–Crippen LogP) is -0.0167. The van der Waals surface area contributed by atoms with Crippen molar-refractivity contribution in [3.63, 3.8) is 0 Å². The maximum atomic E-state index is 3.72. The third kappa shape index (κ3) is 1.65. The average Bonchev–Trinajstić information content (AvgIpc) is 1.76. The van der Waals surface area contributed by atoms with E-state index in [9.17, 15) is 0 Å². The van der Waals surface area contributed by atoms with Gasteiger partial charge in [-0.25, -0.2) is 0 Å². The van der Waals surface area contributed by atoms with Gasteiger partial charge in [-0.05, 0) is 12.2 Å². The molecular weight excluding hydrogens is 85.0 g/mol. The van der Waals surface area contributed by atoms with Crippen molar-refractivity contribution in [2.75, 3.05) is 0 Å². The Bertz CT molecular complexity index is 65.6. The molecule has 27 valence electrons. The Morgan fingerprint density at radius 2 is 1.50 bits per heavy atom. The Morgan fingerprint density at radius 1 is 1.00 bits per heavy atom. The van der Waals surface area contributed by atoms with Crippen molar-refractivity contribution >= 4 is 29.6 Å². The van der Waals surface area contributed by atoms with Crippen LogP contribution in [0.25, 0.3) is 0 Å². The minimum absolute atomic E-state index is 0. The van der Waals surface area contributed by atoms with Gasteiger partial charge in [0.05, 0.1) is 0 Å². The molecule has 0 aromatic carbocycles. The molecule has 1 radical (unpaired) electrons. The Morgan fingerprint density at radius 3 is 1.67 bits per heavy atom. The van der Waals surface area contributed by atoms with E-state index in [1.54, 1.807) is 12.4 Å². The van der Waals surface area contributed by atoms with E-state index in [0.717, 1.165) is 0 Å². The molecule has 0 atom stereocenters. The molecule has 0 aromatic rings. The first kappa shape index (κ1) is 6.28. The van der Waals surface area contributed by atoms with Crippen LogP contribution >= 0.6 is 0 Å². The second kappa shape index (κ2) is 3.47. The average molecular weight is 90.1 g/mol. The van der Waals surface area contributed by atoms with Crippen LogP contribution in [0, 0.1) is 0 Å². The van der Waals surface area contributed by atoms with Crippen molar-refractivity contribution in [3.8, 4) is 0 Å². The van der Waals surface area contributed by atoms with Gasteiger partial charge in [0.1, 0.15) is 0 Å². The first-order chi connectivity index (χ1) is 2.50. The van der Waals surface area contributed by atoms with E-state index < -0.39 is 0 Å². The Labute approximate surface area is 59.4 Å². The summed E-state index contributed by atoms with van der Waals surface area (Å²) in [6, 6.07) is 0. The molecule has 0 aromatic heterocycles. The molecule has 1 rings (SSSR count). The summed E-state index contributed by atoms with van der Waals surface area (Å²) in [5, 5.41) is 3.72. The number of hydrogen-bond donors (Lipinski definition) is 0. The summed E-state index contributed by atoms with van der Waals surface area (Å²) in [7, 11) is 0. The van der Waals surface area contributed by atoms with Gasteiger partial charge in [-0.3, -0.25) is 5.32 Å². The van der Waals surface area contributed by atoms with E-state index in [1.165, 1.54) is 0 Å². The molecule has 0 fully saturated rings. The molecule has 0 aliphatic carbocycles. The molecule has 1 heterocycles. The summed E-state index contributed by atoms with van der Waals surface area (Å²) in [4.78, 5) is 0. The summed E-state index contributed by atoms with van der Waals surface area (Å²) in [6.45, 7) is 0. The molecule has 0 amide bonds. The van der Waals surface area contributed by atoms with Crippen LogP contribution < -0.4 is 5.32 Å². The molecule has 1 nitrogen and oxygen atoms in total. The van der Waals surface area contributed by atoms with Crippen molar-refractivity contribution in [2.24, 2.45) is 0 Å². The van der Waals surface area contributed by atoms with E-state index in [2.05, 4.69) is 5.32 Å². The van der Waals surface area contributed by atoms with Crippen LogP contribution in [0.2, 0.25) is 0 Å². The van der Waals surface area contributed by atoms with Gasteiger partial charge < -0.3 is 0 Å². The molecule has 0 saturated heterocycles. The van der Waals surface area contributed by atoms with Gasteiger partial charge in [-0.15, -0.1) is 0 Å². The van der Waals surface area contributed by atoms with Crippen LogP contribution in [0.4, 0.5) is 0 Å². The van der Waals surface area contributed by atoms with Gasteiger partial charge in [0.15, 0.2) is 0 Å². The SMILES string of the molecule is C1=C[N]C=C1.[NaH]. The van der Waals surface area contributed by atoms with Crippen LogP contribution in [-0.4, -0.2) is 29.6 Å². The van der Waals surface area contributed by atoms with Crippen LogP contribution in [-0.2, 0) is 0 Å². The Balaban J connectivity index is 0.000000250. The van der Waals surface area contributed by atoms with E-state index in [-0.39, 0.29) is 29.6 Å². The van der Waals surface area contributed by atoms with Crippen molar-refractivity contribution in [3.05, 3.63) is 24.6 Å². The number of nitrogens with zero attached hydrogens (tertiary/aromatic N) is 1. The van der Waals surface area contributed by atoms with E-state index in [0.29, 0.717) is 0 Å². The number of hydrogen-bond acceptors (Lipinski definition) is 0. The molecular formula is C4H5NNa. The Kier molecular flexibility index (Phi) is 3.63. The molecule has 6 heavy (non-hydrogen) atoms. The molecule has 1 aliphatic rings. The number of allylic oxidation sites excluding steroid dienone is 2. The maximum absolute atomic E-state index is 3.72. The zero-order valence-electron chi connectivity index (χ0n) is 2.76. The van der Waals surface area contributed by atoms with E-state index >= 15 is 0 Å². The van der Waals surface area contributed by atoms with Crippen LogP contribution in [0.5, 0.6) is 0 Å². The zero-order valence-corrected chi connectivity index (χ0v) is 2.76. The van der Waals surface area contributed by atoms with Gasteiger partial charge in [0.25, 0.3) is 0 Å². The van der Waals surface area contributed by atoms with Gasteiger partial charge in [-0.1, -0.05) is 0 Å². The first-order valence-corrected chi connectivity index (χ1v) is 1.52. The molecule has 0 N–H and O–H groups in total. The van der Waals surface area contributed by atoms with Crippen LogP contribution in [0.3, 0.4) is 0 Å². The van der Waals surface area contributed by atoms with Gasteiger partial charge >= 0.3 is 29.6 Å². The second-order valence-corrected chi connectivity index (χ2v) is 0.832. The zero-order chi connectivity index (χ0) is 3.54. The minimum atomic E-state index is 0. The molecule has 2 heteroatoms. The normalized spacial score (nSPS) is 13.3. The summed E-state index contributed by atoms with van der Waals surface area (Å²) in [6.07, 6.45) is 7.28. The van der Waals surface area contributed by atoms with E-state index in [1.807, 2.05) is 12.2 Å². The van der Waals surface area contributed by atoms with Crippen molar-refractivity contribution < 1.29 is 0 Å². The quantitative estimate of drug-likeness (QED) is 0.371. The third-order valence-corrected chi connectivity index (χ3v) is 0.455. The standard InChI is InChI=1S/C4H4N.Na.H/c1-2-4-5-3-1;;/h1-4H;;. The fourth-order valence-electron chi connectivity index (χ4n) is 0.248. The Hall–Kier alpha value is 0.280. The summed E-state index contributed by atoms with van der Waals surface area (Å²) in [5.41, 5.74) is 0. The fourth-order valence-corrected chi connectivity index (χ4v) is 0.248. The molecule has 0 bridgehead atoms. The molecule has 0 saturated carbocycles. The van der Waals surface area contributed by atoms with Gasteiger partial charge in [-0.2, -0.15) is 0 Å². The molecule has 1 aliphatic heterocycles. The molecule has 0 spiro atoms. The van der Waals surface area contributed by atoms with Crippen LogP contribution in [0.15, 0.2) is 24.6 Å². The topological polar surface area (TPSA) is 14.1 Å². The summed E-state index contributed by atoms with van der Waals surface area (Å²) < 4.78 is 0. The molecule has 0 unspecified atom stereocenters. The third-order valence-electron chi connectivity index (χ3n) is 0.455. The van der Waals surface area contributed by atoms with Gasteiger partial charge in [0.2, 0.25) is 0 Å². The first-order valence-electron chi connectivity index (χ1n) is 1.52. The summed E-state index contributed by atoms with van der Waals surface area (Å²) in [5.74, 6) is 0. The van der Waals surface area contributed by atoms with Gasteiger partial charge in [0, 0.05) is 12.4 Å². The van der Waals surface area contributed by atoms with Crippen molar-refractivity contribution in [1.29, 1.82) is 0 Å². The van der Waals surface area contributed by atoms with E-state index in [4.69, 9.17) is 0 Å². The van der Waals surface area contributed by atoms with Crippen molar-refractivity contribution in [2.45, 2.75) is 0 Å². The number of rotatable bonds is 0. The second-order valence-electron chi connectivity index (χ2n) is 0.832.